The molecule has 126 valence electrons. The van der Waals surface area contributed by atoms with Crippen LogP contribution in [0.15, 0.2) is 0 Å². The van der Waals surface area contributed by atoms with Gasteiger partial charge in [-0.15, -0.1) is 11.6 Å². The van der Waals surface area contributed by atoms with Gasteiger partial charge in [0.25, 0.3) is 6.47 Å². The minimum absolute atomic E-state index is 0.0181. The number of unbranched alkanes of at least 4 members (excludes halogenated alkanes) is 1. The minimum Gasteiger partial charge on any atom is -0.462 e. The number of aliphatic hydroxyl groups is 1. The summed E-state index contributed by atoms with van der Waals surface area (Å²) in [7, 11) is 0. The van der Waals surface area contributed by atoms with Crippen LogP contribution in [-0.4, -0.2) is 54.2 Å². The molecule has 0 amide bonds. The zero-order chi connectivity index (χ0) is 16.4. The third-order valence-corrected chi connectivity index (χ3v) is 4.33. The van der Waals surface area contributed by atoms with Gasteiger partial charge in [-0.25, -0.2) is 0 Å². The molecule has 0 aromatic carbocycles. The number of likely N-dealkylation sites (tertiary alicyclic amines) is 1. The standard InChI is InChI=1S/C11H22ClNO.C5H10O2/c1-2-3-6-13-7-4-11(9-12,10-14)5-8-13;1-5(2,3)7-4-6/h14H,2-10H2,1H3;4H,1-3H3. The number of nitrogens with zero attached hydrogens (tertiary/aromatic N) is 1. The number of piperidine rings is 1. The van der Waals surface area contributed by atoms with E-state index in [1.54, 1.807) is 0 Å². The van der Waals surface area contributed by atoms with Gasteiger partial charge in [0.2, 0.25) is 0 Å². The lowest BCUT2D eigenvalue weighted by Crippen LogP contribution is -2.43. The molecule has 0 saturated carbocycles. The monoisotopic (exact) mass is 321 g/mol. The Morgan fingerprint density at radius 3 is 2.19 bits per heavy atom. The first-order chi connectivity index (χ1) is 9.82. The van der Waals surface area contributed by atoms with Crippen LogP contribution in [0.5, 0.6) is 0 Å². The smallest absolute Gasteiger partial charge is 0.293 e. The molecule has 1 aliphatic rings. The van der Waals surface area contributed by atoms with Crippen molar-refractivity contribution in [1.29, 1.82) is 0 Å². The van der Waals surface area contributed by atoms with E-state index in [0.29, 0.717) is 12.4 Å². The van der Waals surface area contributed by atoms with Gasteiger partial charge in [0.05, 0.1) is 0 Å². The molecule has 5 heteroatoms. The van der Waals surface area contributed by atoms with E-state index in [9.17, 15) is 9.90 Å². The van der Waals surface area contributed by atoms with Crippen LogP contribution in [0.3, 0.4) is 0 Å². The second kappa shape index (κ2) is 10.4. The minimum atomic E-state index is -0.318. The third kappa shape index (κ3) is 9.33. The molecule has 0 aliphatic carbocycles. The zero-order valence-corrected chi connectivity index (χ0v) is 14.8. The summed E-state index contributed by atoms with van der Waals surface area (Å²) in [5.41, 5.74) is -0.300. The number of rotatable bonds is 6. The van der Waals surface area contributed by atoms with E-state index < -0.39 is 0 Å². The summed E-state index contributed by atoms with van der Waals surface area (Å²) in [6.45, 7) is 11.8. The summed E-state index contributed by atoms with van der Waals surface area (Å²) in [6.07, 6.45) is 4.65. The van der Waals surface area contributed by atoms with Crippen molar-refractivity contribution in [2.24, 2.45) is 5.41 Å². The Kier molecular flexibility index (Phi) is 10.3. The summed E-state index contributed by atoms with van der Waals surface area (Å²) in [6, 6.07) is 0. The molecule has 1 heterocycles. The number of alkyl halides is 1. The Bertz CT molecular complexity index is 265. The fraction of sp³-hybridized carbons (Fsp3) is 0.938. The lowest BCUT2D eigenvalue weighted by Gasteiger charge is -2.39. The molecule has 0 aromatic heterocycles. The van der Waals surface area contributed by atoms with Crippen LogP contribution in [0.25, 0.3) is 0 Å². The van der Waals surface area contributed by atoms with E-state index in [1.807, 2.05) is 20.8 Å². The third-order valence-electron chi connectivity index (χ3n) is 3.77. The second-order valence-corrected chi connectivity index (χ2v) is 7.08. The first-order valence-corrected chi connectivity index (χ1v) is 8.36. The SMILES string of the molecule is CC(C)(C)OC=O.CCCCN1CCC(CO)(CCl)CC1. The molecule has 0 atom stereocenters. The summed E-state index contributed by atoms with van der Waals surface area (Å²) < 4.78 is 4.55. The highest BCUT2D eigenvalue weighted by Crippen LogP contribution is 2.32. The lowest BCUT2D eigenvalue weighted by molar-refractivity contribution is -0.138. The van der Waals surface area contributed by atoms with Crippen molar-refractivity contribution >= 4 is 18.1 Å². The van der Waals surface area contributed by atoms with Gasteiger partial charge in [0, 0.05) is 17.9 Å². The largest absolute Gasteiger partial charge is 0.462 e. The number of aliphatic hydroxyl groups excluding tert-OH is 1. The average molecular weight is 322 g/mol. The van der Waals surface area contributed by atoms with E-state index in [0.717, 1.165) is 25.9 Å². The first kappa shape index (κ1) is 20.7. The Hall–Kier alpha value is -0.320. The first-order valence-electron chi connectivity index (χ1n) is 7.83. The molecule has 0 aromatic rings. The predicted molar refractivity (Wildman–Crippen MR) is 87.7 cm³/mol. The topological polar surface area (TPSA) is 49.8 Å². The van der Waals surface area contributed by atoms with Crippen molar-refractivity contribution in [3.8, 4) is 0 Å². The van der Waals surface area contributed by atoms with E-state index in [1.165, 1.54) is 19.4 Å². The van der Waals surface area contributed by atoms with Crippen LogP contribution < -0.4 is 0 Å². The van der Waals surface area contributed by atoms with E-state index in [2.05, 4.69) is 16.6 Å². The van der Waals surface area contributed by atoms with Crippen LogP contribution in [0, 0.1) is 5.41 Å². The molecule has 21 heavy (non-hydrogen) atoms. The number of carbonyl (C=O) groups excluding carboxylic acids is 1. The maximum absolute atomic E-state index is 9.60. The summed E-state index contributed by atoms with van der Waals surface area (Å²) in [5, 5.41) is 9.30. The normalized spacial score (nSPS) is 18.6. The fourth-order valence-electron chi connectivity index (χ4n) is 2.11. The molecule has 0 spiro atoms. The Morgan fingerprint density at radius 2 is 1.90 bits per heavy atom. The van der Waals surface area contributed by atoms with Crippen LogP contribution in [0.1, 0.15) is 53.4 Å². The van der Waals surface area contributed by atoms with E-state index in [-0.39, 0.29) is 17.6 Å². The van der Waals surface area contributed by atoms with Gasteiger partial charge in [0.15, 0.2) is 0 Å². The number of hydrogen-bond acceptors (Lipinski definition) is 4. The van der Waals surface area contributed by atoms with Crippen molar-refractivity contribution < 1.29 is 14.6 Å². The van der Waals surface area contributed by atoms with Crippen molar-refractivity contribution in [3.05, 3.63) is 0 Å². The second-order valence-electron chi connectivity index (χ2n) is 6.81. The molecule has 1 rings (SSSR count). The molecule has 1 saturated heterocycles. The quantitative estimate of drug-likeness (QED) is 0.603. The molecular weight excluding hydrogens is 290 g/mol. The van der Waals surface area contributed by atoms with Crippen LogP contribution >= 0.6 is 11.6 Å². The Labute approximate surface area is 134 Å². The maximum Gasteiger partial charge on any atom is 0.293 e. The van der Waals surface area contributed by atoms with Gasteiger partial charge in [-0.2, -0.15) is 0 Å². The molecule has 1 aliphatic heterocycles. The van der Waals surface area contributed by atoms with E-state index >= 15 is 0 Å². The highest BCUT2D eigenvalue weighted by molar-refractivity contribution is 6.18. The average Bonchev–Trinajstić information content (AvgIpc) is 2.45. The fourth-order valence-corrected chi connectivity index (χ4v) is 2.46. The van der Waals surface area contributed by atoms with Crippen LogP contribution in [0.2, 0.25) is 0 Å². The Morgan fingerprint density at radius 1 is 1.33 bits per heavy atom. The lowest BCUT2D eigenvalue weighted by atomic mass is 9.81. The van der Waals surface area contributed by atoms with E-state index in [4.69, 9.17) is 11.6 Å². The van der Waals surface area contributed by atoms with Crippen LogP contribution in [-0.2, 0) is 9.53 Å². The van der Waals surface area contributed by atoms with Gasteiger partial charge < -0.3 is 14.7 Å². The maximum atomic E-state index is 9.60. The van der Waals surface area contributed by atoms with Gasteiger partial charge in [0.1, 0.15) is 5.60 Å². The van der Waals surface area contributed by atoms with Gasteiger partial charge >= 0.3 is 0 Å². The molecular formula is C16H32ClNO3. The van der Waals surface area contributed by atoms with Crippen LogP contribution in [0.4, 0.5) is 0 Å². The Balaban J connectivity index is 0.000000486. The summed E-state index contributed by atoms with van der Waals surface area (Å²) >= 11 is 5.91. The molecule has 0 unspecified atom stereocenters. The van der Waals surface area contributed by atoms with Crippen molar-refractivity contribution in [1.82, 2.24) is 4.90 Å². The molecule has 0 bridgehead atoms. The number of carbonyl (C=O) groups is 1. The highest BCUT2D eigenvalue weighted by Gasteiger charge is 2.32. The summed E-state index contributed by atoms with van der Waals surface area (Å²) in [4.78, 5) is 12.1. The van der Waals surface area contributed by atoms with Crippen molar-refractivity contribution in [2.75, 3.05) is 32.1 Å². The van der Waals surface area contributed by atoms with Crippen molar-refractivity contribution in [3.63, 3.8) is 0 Å². The molecule has 1 fully saturated rings. The van der Waals surface area contributed by atoms with Gasteiger partial charge in [-0.1, -0.05) is 13.3 Å². The number of halogens is 1. The molecule has 1 N–H and O–H groups in total. The van der Waals surface area contributed by atoms with Crippen molar-refractivity contribution in [2.45, 2.75) is 59.0 Å². The molecule has 0 radical (unpaired) electrons. The van der Waals surface area contributed by atoms with Gasteiger partial charge in [-0.3, -0.25) is 4.79 Å². The number of ether oxygens (including phenoxy) is 1. The number of hydrogen-bond donors (Lipinski definition) is 1. The summed E-state index contributed by atoms with van der Waals surface area (Å²) in [5.74, 6) is 0.602. The molecule has 4 nitrogen and oxygen atoms in total. The zero-order valence-electron chi connectivity index (χ0n) is 14.0. The predicted octanol–water partition coefficient (Wildman–Crippen LogP) is 3.06. The highest BCUT2D eigenvalue weighted by atomic mass is 35.5. The van der Waals surface area contributed by atoms with Gasteiger partial charge in [-0.05, 0) is 59.7 Å².